The van der Waals surface area contributed by atoms with Gasteiger partial charge in [-0.1, -0.05) is 0 Å². The third-order valence-corrected chi connectivity index (χ3v) is 2.35. The van der Waals surface area contributed by atoms with E-state index in [2.05, 4.69) is 0 Å². The van der Waals surface area contributed by atoms with Gasteiger partial charge in [-0.2, -0.15) is 0 Å². The first-order valence-corrected chi connectivity index (χ1v) is 4.12. The zero-order valence-electron chi connectivity index (χ0n) is 7.29. The summed E-state index contributed by atoms with van der Waals surface area (Å²) in [5, 5.41) is 28.4. The summed E-state index contributed by atoms with van der Waals surface area (Å²) in [5.41, 5.74) is 0. The molecule has 0 bridgehead atoms. The number of ether oxygens (including phenoxy) is 1. The molecule has 1 aliphatic heterocycles. The monoisotopic (exact) mass is 191 g/mol. The summed E-state index contributed by atoms with van der Waals surface area (Å²) in [6.07, 6.45) is -2.00. The summed E-state index contributed by atoms with van der Waals surface area (Å²) in [5.74, 6) is -0.521. The van der Waals surface area contributed by atoms with Gasteiger partial charge in [-0.15, -0.1) is 0 Å². The highest BCUT2D eigenvalue weighted by atomic mass is 16.6. The lowest BCUT2D eigenvalue weighted by Gasteiger charge is -2.12. The van der Waals surface area contributed by atoms with Gasteiger partial charge in [0.15, 0.2) is 0 Å². The van der Waals surface area contributed by atoms with Gasteiger partial charge in [0.2, 0.25) is 6.54 Å². The summed E-state index contributed by atoms with van der Waals surface area (Å²) in [6.45, 7) is 1.03. The third-order valence-electron chi connectivity index (χ3n) is 2.35. The van der Waals surface area contributed by atoms with Crippen LogP contribution in [0.1, 0.15) is 6.92 Å². The molecule has 0 spiro atoms. The fraction of sp³-hybridized carbons (Fsp3) is 1.00. The lowest BCUT2D eigenvalue weighted by molar-refractivity contribution is -0.490. The van der Waals surface area contributed by atoms with E-state index in [-0.39, 0.29) is 19.3 Å². The van der Waals surface area contributed by atoms with Crippen LogP contribution in [0.25, 0.3) is 0 Å². The molecular weight excluding hydrogens is 178 g/mol. The van der Waals surface area contributed by atoms with Crippen molar-refractivity contribution >= 4 is 0 Å². The summed E-state index contributed by atoms with van der Waals surface area (Å²) in [7, 11) is 0. The van der Waals surface area contributed by atoms with Gasteiger partial charge in [-0.25, -0.2) is 0 Å². The minimum absolute atomic E-state index is 0.306. The first kappa shape index (κ1) is 10.4. The van der Waals surface area contributed by atoms with Crippen molar-refractivity contribution in [3.63, 3.8) is 0 Å². The first-order chi connectivity index (χ1) is 6.06. The molecule has 1 unspecified atom stereocenters. The second-order valence-electron chi connectivity index (χ2n) is 3.23. The largest absolute Gasteiger partial charge is 0.394 e. The Labute approximate surface area is 75.3 Å². The van der Waals surface area contributed by atoms with Crippen molar-refractivity contribution in [3.05, 3.63) is 10.1 Å². The molecule has 6 heteroatoms. The SMILES string of the molecule is C[C@@H]1O[C@H](CO)[C@H](O)C1C[N+](=O)[O-]. The van der Waals surface area contributed by atoms with Crippen LogP contribution in [0.15, 0.2) is 0 Å². The van der Waals surface area contributed by atoms with Crippen LogP contribution in [0.4, 0.5) is 0 Å². The molecule has 2 N–H and O–H groups in total. The zero-order chi connectivity index (χ0) is 10.0. The Bertz CT molecular complexity index is 197. The number of aliphatic hydroxyl groups excluding tert-OH is 2. The number of hydrogen-bond acceptors (Lipinski definition) is 5. The predicted molar refractivity (Wildman–Crippen MR) is 42.8 cm³/mol. The van der Waals surface area contributed by atoms with Crippen LogP contribution < -0.4 is 0 Å². The smallest absolute Gasteiger partial charge is 0.211 e. The average molecular weight is 191 g/mol. The quantitative estimate of drug-likeness (QED) is 0.441. The molecule has 1 fully saturated rings. The van der Waals surface area contributed by atoms with E-state index in [1.54, 1.807) is 6.92 Å². The van der Waals surface area contributed by atoms with Crippen LogP contribution in [0.5, 0.6) is 0 Å². The fourth-order valence-electron chi connectivity index (χ4n) is 1.59. The molecule has 0 aliphatic carbocycles. The maximum atomic E-state index is 10.2. The van der Waals surface area contributed by atoms with E-state index < -0.39 is 23.0 Å². The number of nitro groups is 1. The van der Waals surface area contributed by atoms with Gasteiger partial charge in [0.25, 0.3) is 0 Å². The van der Waals surface area contributed by atoms with Crippen molar-refractivity contribution in [3.8, 4) is 0 Å². The van der Waals surface area contributed by atoms with E-state index in [0.29, 0.717) is 0 Å². The van der Waals surface area contributed by atoms with Gasteiger partial charge in [-0.05, 0) is 6.92 Å². The standard InChI is InChI=1S/C7H13NO5/c1-4-5(2-8(11)12)7(10)6(3-9)13-4/h4-7,9-10H,2-3H2,1H3/t4-,5?,6+,7+/m0/s1. The number of nitrogens with zero attached hydrogens (tertiary/aromatic N) is 1. The van der Waals surface area contributed by atoms with Crippen molar-refractivity contribution < 1.29 is 19.9 Å². The van der Waals surface area contributed by atoms with Gasteiger partial charge in [0, 0.05) is 4.92 Å². The van der Waals surface area contributed by atoms with Crippen LogP contribution in [0.2, 0.25) is 0 Å². The van der Waals surface area contributed by atoms with Gasteiger partial charge < -0.3 is 14.9 Å². The van der Waals surface area contributed by atoms with Crippen LogP contribution >= 0.6 is 0 Å². The van der Waals surface area contributed by atoms with E-state index in [0.717, 1.165) is 0 Å². The Kier molecular flexibility index (Phi) is 3.18. The Morgan fingerprint density at radius 2 is 2.23 bits per heavy atom. The van der Waals surface area contributed by atoms with E-state index >= 15 is 0 Å². The molecule has 0 aromatic carbocycles. The number of hydrogen-bond donors (Lipinski definition) is 2. The summed E-state index contributed by atoms with van der Waals surface area (Å²) in [6, 6.07) is 0. The van der Waals surface area contributed by atoms with Crippen LogP contribution in [-0.2, 0) is 4.74 Å². The molecule has 0 aromatic rings. The Morgan fingerprint density at radius 3 is 2.62 bits per heavy atom. The van der Waals surface area contributed by atoms with E-state index in [9.17, 15) is 15.2 Å². The average Bonchev–Trinajstić information content (AvgIpc) is 2.31. The first-order valence-electron chi connectivity index (χ1n) is 4.12. The van der Waals surface area contributed by atoms with E-state index in [1.807, 2.05) is 0 Å². The molecule has 1 saturated heterocycles. The normalized spacial score (nSPS) is 39.3. The summed E-state index contributed by atoms with van der Waals surface area (Å²) >= 11 is 0. The number of rotatable bonds is 3. The highest BCUT2D eigenvalue weighted by molar-refractivity contribution is 4.87. The summed E-state index contributed by atoms with van der Waals surface area (Å²) < 4.78 is 5.13. The molecule has 4 atom stereocenters. The fourth-order valence-corrected chi connectivity index (χ4v) is 1.59. The molecule has 1 aliphatic rings. The lowest BCUT2D eigenvalue weighted by atomic mass is 9.97. The van der Waals surface area contributed by atoms with Crippen molar-refractivity contribution in [2.45, 2.75) is 25.2 Å². The van der Waals surface area contributed by atoms with Crippen LogP contribution in [0.3, 0.4) is 0 Å². The van der Waals surface area contributed by atoms with Crippen molar-refractivity contribution in [2.75, 3.05) is 13.2 Å². The third kappa shape index (κ3) is 2.15. The highest BCUT2D eigenvalue weighted by Gasteiger charge is 2.43. The second-order valence-corrected chi connectivity index (χ2v) is 3.23. The van der Waals surface area contributed by atoms with Crippen LogP contribution in [0, 0.1) is 16.0 Å². The van der Waals surface area contributed by atoms with Crippen molar-refractivity contribution in [1.29, 1.82) is 0 Å². The van der Waals surface area contributed by atoms with E-state index in [4.69, 9.17) is 9.84 Å². The summed E-state index contributed by atoms with van der Waals surface area (Å²) in [4.78, 5) is 9.74. The maximum Gasteiger partial charge on any atom is 0.211 e. The minimum atomic E-state index is -0.939. The lowest BCUT2D eigenvalue weighted by Crippen LogP contribution is -2.33. The van der Waals surface area contributed by atoms with Gasteiger partial charge >= 0.3 is 0 Å². The predicted octanol–water partition coefficient (Wildman–Crippen LogP) is -0.980. The van der Waals surface area contributed by atoms with Crippen molar-refractivity contribution in [2.24, 2.45) is 5.92 Å². The number of aliphatic hydroxyl groups is 2. The maximum absolute atomic E-state index is 10.2. The van der Waals surface area contributed by atoms with Gasteiger partial charge in [0.05, 0.1) is 24.7 Å². The van der Waals surface area contributed by atoms with Gasteiger partial charge in [-0.3, -0.25) is 10.1 Å². The Hall–Kier alpha value is -0.720. The molecule has 6 nitrogen and oxygen atoms in total. The van der Waals surface area contributed by atoms with E-state index in [1.165, 1.54) is 0 Å². The molecule has 0 aromatic heterocycles. The second kappa shape index (κ2) is 3.99. The molecule has 0 radical (unpaired) electrons. The molecule has 0 amide bonds. The topological polar surface area (TPSA) is 92.8 Å². The van der Waals surface area contributed by atoms with Crippen LogP contribution in [-0.4, -0.2) is 46.6 Å². The molecule has 1 heterocycles. The highest BCUT2D eigenvalue weighted by Crippen LogP contribution is 2.26. The molecule has 13 heavy (non-hydrogen) atoms. The van der Waals surface area contributed by atoms with Crippen molar-refractivity contribution in [1.82, 2.24) is 0 Å². The Morgan fingerprint density at radius 1 is 1.62 bits per heavy atom. The molecule has 1 rings (SSSR count). The van der Waals surface area contributed by atoms with Gasteiger partial charge in [0.1, 0.15) is 6.10 Å². The molecule has 0 saturated carbocycles. The minimum Gasteiger partial charge on any atom is -0.394 e. The molecular formula is C7H13NO5. The zero-order valence-corrected chi connectivity index (χ0v) is 7.29. The Balaban J connectivity index is 2.58. The molecule has 76 valence electrons.